The maximum atomic E-state index is 5.93. The maximum absolute atomic E-state index is 5.93. The highest BCUT2D eigenvalue weighted by molar-refractivity contribution is 7.14. The molecule has 0 aromatic carbocycles. The minimum Gasteiger partial charge on any atom is -0.378 e. The Morgan fingerprint density at radius 2 is 1.89 bits per heavy atom. The van der Waals surface area contributed by atoms with Gasteiger partial charge in [-0.2, -0.15) is 0 Å². The molecule has 8 nitrogen and oxygen atoms in total. The summed E-state index contributed by atoms with van der Waals surface area (Å²) in [4.78, 5) is 14.0. The third-order valence-electron chi connectivity index (χ3n) is 6.58. The van der Waals surface area contributed by atoms with Crippen molar-refractivity contribution in [2.75, 3.05) is 24.0 Å². The van der Waals surface area contributed by atoms with Gasteiger partial charge in [-0.1, -0.05) is 49.9 Å². The van der Waals surface area contributed by atoms with Crippen LogP contribution in [-0.4, -0.2) is 46.6 Å². The van der Waals surface area contributed by atoms with E-state index in [9.17, 15) is 0 Å². The molecule has 4 heterocycles. The molecule has 0 radical (unpaired) electrons. The van der Waals surface area contributed by atoms with E-state index in [0.717, 1.165) is 56.5 Å². The van der Waals surface area contributed by atoms with Crippen molar-refractivity contribution in [3.05, 3.63) is 53.4 Å². The van der Waals surface area contributed by atoms with Gasteiger partial charge in [-0.25, -0.2) is 4.98 Å². The van der Waals surface area contributed by atoms with Crippen molar-refractivity contribution < 1.29 is 4.74 Å². The molecule has 0 spiro atoms. The number of hydrogen-bond donors (Lipinski definition) is 2. The lowest BCUT2D eigenvalue weighted by Crippen LogP contribution is -2.22. The lowest BCUT2D eigenvalue weighted by molar-refractivity contribution is 0.165. The van der Waals surface area contributed by atoms with Crippen LogP contribution >= 0.6 is 11.3 Å². The Bertz CT molecular complexity index is 1320. The van der Waals surface area contributed by atoms with Gasteiger partial charge in [-0.05, 0) is 43.2 Å². The fraction of sp³-hybridized carbons (Fsp3) is 0.444. The Morgan fingerprint density at radius 3 is 2.68 bits per heavy atom. The number of aromatic nitrogens is 5. The molecular formula is C27H35N7OSSi. The van der Waals surface area contributed by atoms with E-state index in [1.165, 1.54) is 25.7 Å². The number of nitrogens with one attached hydrogen (secondary N) is 2. The van der Waals surface area contributed by atoms with Crippen molar-refractivity contribution in [3.8, 4) is 10.6 Å². The zero-order valence-electron chi connectivity index (χ0n) is 21.8. The normalized spacial score (nSPS) is 14.4. The predicted octanol–water partition coefficient (Wildman–Crippen LogP) is 6.54. The fourth-order valence-electron chi connectivity index (χ4n) is 4.39. The second-order valence-electron chi connectivity index (χ2n) is 10.8. The van der Waals surface area contributed by atoms with Crippen LogP contribution in [0.2, 0.25) is 25.7 Å². The minimum absolute atomic E-state index is 0.398. The van der Waals surface area contributed by atoms with Gasteiger partial charge < -0.3 is 15.4 Å². The van der Waals surface area contributed by atoms with Crippen LogP contribution < -0.4 is 10.6 Å². The molecule has 0 saturated heterocycles. The molecule has 1 aliphatic carbocycles. The summed E-state index contributed by atoms with van der Waals surface area (Å²) in [6.45, 7) is 8.84. The SMILES string of the molecule is C[Si](C)(C)CCOCNc1nc2cc(NCc3ccccn3)cnc2cc1-c1nnc(C2CCCC2)s1. The van der Waals surface area contributed by atoms with Crippen molar-refractivity contribution in [1.29, 1.82) is 0 Å². The summed E-state index contributed by atoms with van der Waals surface area (Å²) < 4.78 is 5.93. The quantitative estimate of drug-likeness (QED) is 0.127. The van der Waals surface area contributed by atoms with Crippen molar-refractivity contribution >= 4 is 41.9 Å². The van der Waals surface area contributed by atoms with Gasteiger partial charge in [-0.15, -0.1) is 10.2 Å². The molecule has 0 aliphatic heterocycles. The smallest absolute Gasteiger partial charge is 0.151 e. The molecule has 1 aliphatic rings. The highest BCUT2D eigenvalue weighted by Crippen LogP contribution is 2.39. The molecule has 10 heteroatoms. The highest BCUT2D eigenvalue weighted by atomic mass is 32.1. The number of anilines is 2. The number of nitrogens with zero attached hydrogens (tertiary/aromatic N) is 5. The maximum Gasteiger partial charge on any atom is 0.151 e. The third-order valence-corrected chi connectivity index (χ3v) is 9.40. The number of hydrogen-bond acceptors (Lipinski definition) is 9. The van der Waals surface area contributed by atoms with E-state index >= 15 is 0 Å². The molecular weight excluding hydrogens is 498 g/mol. The summed E-state index contributed by atoms with van der Waals surface area (Å²) in [6, 6.07) is 11.1. The average Bonchev–Trinajstić information content (AvgIpc) is 3.59. The predicted molar refractivity (Wildman–Crippen MR) is 154 cm³/mol. The second-order valence-corrected chi connectivity index (χ2v) is 17.4. The first-order valence-corrected chi connectivity index (χ1v) is 17.6. The van der Waals surface area contributed by atoms with E-state index < -0.39 is 8.07 Å². The van der Waals surface area contributed by atoms with Gasteiger partial charge in [0.25, 0.3) is 0 Å². The van der Waals surface area contributed by atoms with Crippen LogP contribution in [0.5, 0.6) is 0 Å². The molecule has 0 atom stereocenters. The molecule has 0 unspecified atom stereocenters. The Balaban J connectivity index is 1.38. The minimum atomic E-state index is -1.14. The summed E-state index contributed by atoms with van der Waals surface area (Å²) in [5.41, 5.74) is 4.42. The molecule has 0 bridgehead atoms. The molecule has 4 aromatic rings. The number of fused-ring (bicyclic) bond motifs is 1. The van der Waals surface area contributed by atoms with E-state index in [1.54, 1.807) is 17.5 Å². The summed E-state index contributed by atoms with van der Waals surface area (Å²) >= 11 is 1.68. The summed E-state index contributed by atoms with van der Waals surface area (Å²) in [5, 5.41) is 17.9. The summed E-state index contributed by atoms with van der Waals surface area (Å²) in [6.07, 6.45) is 8.60. The van der Waals surface area contributed by atoms with Crippen molar-refractivity contribution in [2.24, 2.45) is 0 Å². The summed E-state index contributed by atoms with van der Waals surface area (Å²) in [7, 11) is -1.14. The van der Waals surface area contributed by atoms with Crippen LogP contribution in [0.1, 0.15) is 42.3 Å². The lowest BCUT2D eigenvalue weighted by Gasteiger charge is -2.16. The van der Waals surface area contributed by atoms with E-state index in [2.05, 4.69) is 51.5 Å². The molecule has 37 heavy (non-hydrogen) atoms. The van der Waals surface area contributed by atoms with Crippen LogP contribution in [0.25, 0.3) is 21.6 Å². The first-order valence-electron chi connectivity index (χ1n) is 13.0. The van der Waals surface area contributed by atoms with Gasteiger partial charge in [0.15, 0.2) is 5.01 Å². The second kappa shape index (κ2) is 11.6. The molecule has 194 valence electrons. The topological polar surface area (TPSA) is 97.7 Å². The first-order chi connectivity index (χ1) is 17.9. The van der Waals surface area contributed by atoms with Crippen molar-refractivity contribution in [3.63, 3.8) is 0 Å². The van der Waals surface area contributed by atoms with E-state index in [4.69, 9.17) is 14.7 Å². The first kappa shape index (κ1) is 25.7. The third kappa shape index (κ3) is 6.88. The molecule has 1 fully saturated rings. The highest BCUT2D eigenvalue weighted by Gasteiger charge is 2.23. The van der Waals surface area contributed by atoms with Gasteiger partial charge in [0.2, 0.25) is 0 Å². The fourth-order valence-corrected chi connectivity index (χ4v) is 6.18. The van der Waals surface area contributed by atoms with Gasteiger partial charge in [0, 0.05) is 26.8 Å². The largest absolute Gasteiger partial charge is 0.378 e. The Hall–Kier alpha value is -2.95. The summed E-state index contributed by atoms with van der Waals surface area (Å²) in [5.74, 6) is 1.28. The zero-order chi connectivity index (χ0) is 25.7. The van der Waals surface area contributed by atoms with E-state index in [1.807, 2.05) is 30.5 Å². The van der Waals surface area contributed by atoms with Gasteiger partial charge in [0.05, 0.1) is 40.7 Å². The molecule has 5 rings (SSSR count). The van der Waals surface area contributed by atoms with E-state index in [-0.39, 0.29) is 0 Å². The number of pyridine rings is 3. The van der Waals surface area contributed by atoms with Gasteiger partial charge in [-0.3, -0.25) is 9.97 Å². The molecule has 1 saturated carbocycles. The van der Waals surface area contributed by atoms with Crippen LogP contribution in [0.4, 0.5) is 11.5 Å². The van der Waals surface area contributed by atoms with Crippen molar-refractivity contribution in [1.82, 2.24) is 25.1 Å². The van der Waals surface area contributed by atoms with Gasteiger partial charge >= 0.3 is 0 Å². The van der Waals surface area contributed by atoms with Crippen molar-refractivity contribution in [2.45, 2.75) is 63.8 Å². The Labute approximate surface area is 223 Å². The molecule has 0 amide bonds. The van der Waals surface area contributed by atoms with Crippen LogP contribution in [0.3, 0.4) is 0 Å². The average molecular weight is 534 g/mol. The molecule has 2 N–H and O–H groups in total. The zero-order valence-corrected chi connectivity index (χ0v) is 23.6. The lowest BCUT2D eigenvalue weighted by atomic mass is 10.1. The Kier molecular flexibility index (Phi) is 8.07. The monoisotopic (exact) mass is 533 g/mol. The standard InChI is InChI=1S/C27H35N7OSSi/c1-37(2,3)13-12-35-18-31-25-22(27-34-33-26(36-27)19-8-4-5-9-19)15-23-24(32-25)14-21(17-30-23)29-16-20-10-6-7-11-28-20/h6-7,10-11,14-15,17,19,29H,4-5,8-9,12-13,16,18H2,1-3H3,(H,31,32). The van der Waals surface area contributed by atoms with Gasteiger partial charge in [0.1, 0.15) is 17.6 Å². The Morgan fingerprint density at radius 1 is 1.03 bits per heavy atom. The van der Waals surface area contributed by atoms with Crippen LogP contribution in [-0.2, 0) is 11.3 Å². The van der Waals surface area contributed by atoms with E-state index in [0.29, 0.717) is 19.2 Å². The number of ether oxygens (including phenoxy) is 1. The van der Waals surface area contributed by atoms with Crippen LogP contribution in [0, 0.1) is 0 Å². The van der Waals surface area contributed by atoms with Crippen LogP contribution in [0.15, 0.2) is 42.7 Å². The molecule has 4 aromatic heterocycles. The number of rotatable bonds is 11.